The number of hydrogen-bond acceptors (Lipinski definition) is 4. The molecule has 0 aromatic carbocycles. The second-order valence-electron chi connectivity index (χ2n) is 5.06. The van der Waals surface area contributed by atoms with E-state index in [1.807, 2.05) is 5.94 Å². The van der Waals surface area contributed by atoms with Crippen molar-refractivity contribution in [2.24, 2.45) is 0 Å². The molecule has 0 aliphatic carbocycles. The average Bonchev–Trinajstić information content (AvgIpc) is 2.25. The van der Waals surface area contributed by atoms with Crippen molar-refractivity contribution >= 4 is 11.9 Å². The van der Waals surface area contributed by atoms with Crippen LogP contribution in [0.3, 0.4) is 0 Å². The highest BCUT2D eigenvalue weighted by Gasteiger charge is 2.37. The fourth-order valence-corrected chi connectivity index (χ4v) is 2.10. The van der Waals surface area contributed by atoms with E-state index in [9.17, 15) is 9.59 Å². The molecule has 0 bridgehead atoms. The van der Waals surface area contributed by atoms with Crippen molar-refractivity contribution < 1.29 is 14.3 Å². The first-order valence-corrected chi connectivity index (χ1v) is 5.47. The van der Waals surface area contributed by atoms with Gasteiger partial charge < -0.3 is 4.74 Å². The van der Waals surface area contributed by atoms with Gasteiger partial charge in [0.05, 0.1) is 7.11 Å². The van der Waals surface area contributed by atoms with Gasteiger partial charge in [-0.05, 0) is 27.2 Å². The SMILES string of the molecule is COC(=O)C1CC(=C=O)CCN1C(C)(C)C. The summed E-state index contributed by atoms with van der Waals surface area (Å²) < 4.78 is 4.78. The van der Waals surface area contributed by atoms with Gasteiger partial charge in [0.2, 0.25) is 0 Å². The third-order valence-corrected chi connectivity index (χ3v) is 2.95. The van der Waals surface area contributed by atoms with Crippen molar-refractivity contribution in [3.8, 4) is 0 Å². The number of esters is 1. The van der Waals surface area contributed by atoms with E-state index < -0.39 is 0 Å². The Morgan fingerprint density at radius 1 is 1.50 bits per heavy atom. The fourth-order valence-electron chi connectivity index (χ4n) is 2.10. The summed E-state index contributed by atoms with van der Waals surface area (Å²) in [6, 6.07) is -0.352. The topological polar surface area (TPSA) is 46.6 Å². The van der Waals surface area contributed by atoms with Gasteiger partial charge in [0.25, 0.3) is 0 Å². The number of carbonyl (C=O) groups excluding carboxylic acids is 2. The number of likely N-dealkylation sites (tertiary alicyclic amines) is 1. The Bertz CT molecular complexity index is 324. The van der Waals surface area contributed by atoms with Crippen molar-refractivity contribution in [2.75, 3.05) is 13.7 Å². The van der Waals surface area contributed by atoms with Gasteiger partial charge in [-0.1, -0.05) is 0 Å². The predicted octanol–water partition coefficient (Wildman–Crippen LogP) is 1.18. The van der Waals surface area contributed by atoms with Crippen LogP contribution in [-0.2, 0) is 14.3 Å². The Labute approximate surface area is 96.3 Å². The smallest absolute Gasteiger partial charge is 0.323 e. The molecule has 0 radical (unpaired) electrons. The molecule has 1 fully saturated rings. The molecule has 1 aliphatic rings. The van der Waals surface area contributed by atoms with Gasteiger partial charge in [0, 0.05) is 24.1 Å². The number of nitrogens with zero attached hydrogens (tertiary/aromatic N) is 1. The molecule has 4 nitrogen and oxygen atoms in total. The summed E-state index contributed by atoms with van der Waals surface area (Å²) in [6.07, 6.45) is 1.13. The lowest BCUT2D eigenvalue weighted by molar-refractivity contribution is -0.150. The first kappa shape index (κ1) is 12.9. The molecule has 0 spiro atoms. The van der Waals surface area contributed by atoms with Crippen molar-refractivity contribution in [1.82, 2.24) is 4.90 Å². The maximum Gasteiger partial charge on any atom is 0.323 e. The van der Waals surface area contributed by atoms with Crippen molar-refractivity contribution in [3.63, 3.8) is 0 Å². The molecule has 90 valence electrons. The standard InChI is InChI=1S/C12H19NO3/c1-12(2,3)13-6-5-9(8-14)7-10(13)11(15)16-4/h10H,5-7H2,1-4H3. The van der Waals surface area contributed by atoms with Crippen molar-refractivity contribution in [2.45, 2.75) is 45.2 Å². The van der Waals surface area contributed by atoms with Gasteiger partial charge >= 0.3 is 5.97 Å². The number of piperidine rings is 1. The van der Waals surface area contributed by atoms with Gasteiger partial charge in [-0.3, -0.25) is 9.69 Å². The Kier molecular flexibility index (Phi) is 3.89. The van der Waals surface area contributed by atoms with Crippen LogP contribution in [0.2, 0.25) is 0 Å². The van der Waals surface area contributed by atoms with E-state index >= 15 is 0 Å². The number of hydrogen-bond donors (Lipinski definition) is 0. The minimum absolute atomic E-state index is 0.104. The maximum atomic E-state index is 11.7. The van der Waals surface area contributed by atoms with E-state index in [0.717, 1.165) is 0 Å². The highest BCUT2D eigenvalue weighted by atomic mass is 16.5. The molecule has 1 atom stereocenters. The Hall–Kier alpha value is -1.12. The lowest BCUT2D eigenvalue weighted by Crippen LogP contribution is -2.54. The maximum absolute atomic E-state index is 11.7. The molecule has 16 heavy (non-hydrogen) atoms. The van der Waals surface area contributed by atoms with E-state index in [2.05, 4.69) is 25.7 Å². The monoisotopic (exact) mass is 225 g/mol. The van der Waals surface area contributed by atoms with E-state index in [1.54, 1.807) is 0 Å². The second kappa shape index (κ2) is 4.81. The summed E-state index contributed by atoms with van der Waals surface area (Å²) >= 11 is 0. The number of methoxy groups -OCH3 is 1. The van der Waals surface area contributed by atoms with E-state index in [1.165, 1.54) is 7.11 Å². The molecule has 1 unspecified atom stereocenters. The summed E-state index contributed by atoms with van der Waals surface area (Å²) in [4.78, 5) is 24.4. The van der Waals surface area contributed by atoms with Crippen molar-refractivity contribution in [1.29, 1.82) is 0 Å². The summed E-state index contributed by atoms with van der Waals surface area (Å²) in [6.45, 7) is 6.86. The van der Waals surface area contributed by atoms with Gasteiger partial charge in [-0.25, -0.2) is 4.79 Å². The van der Waals surface area contributed by atoms with Crippen LogP contribution < -0.4 is 0 Å². The summed E-state index contributed by atoms with van der Waals surface area (Å²) in [5.41, 5.74) is 0.573. The largest absolute Gasteiger partial charge is 0.468 e. The molecule has 0 saturated carbocycles. The molecule has 0 aromatic heterocycles. The van der Waals surface area contributed by atoms with Crippen LogP contribution in [0.25, 0.3) is 0 Å². The van der Waals surface area contributed by atoms with Crippen LogP contribution in [0.5, 0.6) is 0 Å². The number of carbonyl (C=O) groups is 1. The van der Waals surface area contributed by atoms with Crippen LogP contribution in [0.1, 0.15) is 33.6 Å². The number of rotatable bonds is 1. The van der Waals surface area contributed by atoms with Gasteiger partial charge in [-0.15, -0.1) is 0 Å². The number of ether oxygens (including phenoxy) is 1. The summed E-state index contributed by atoms with van der Waals surface area (Å²) in [7, 11) is 1.38. The molecule has 1 aliphatic heterocycles. The van der Waals surface area contributed by atoms with Crippen LogP contribution in [0, 0.1) is 0 Å². The highest BCUT2D eigenvalue weighted by molar-refractivity contribution is 5.77. The molecule has 1 rings (SSSR count). The Morgan fingerprint density at radius 2 is 2.12 bits per heavy atom. The second-order valence-corrected chi connectivity index (χ2v) is 5.06. The third kappa shape index (κ3) is 2.71. The molecule has 0 aromatic rings. The summed E-state index contributed by atoms with van der Waals surface area (Å²) in [5, 5.41) is 0. The zero-order valence-corrected chi connectivity index (χ0v) is 10.4. The molecule has 0 N–H and O–H groups in total. The average molecular weight is 225 g/mol. The van der Waals surface area contributed by atoms with Crippen LogP contribution in [0.4, 0.5) is 0 Å². The summed E-state index contributed by atoms with van der Waals surface area (Å²) in [5.74, 6) is 1.64. The van der Waals surface area contributed by atoms with Gasteiger partial charge in [0.15, 0.2) is 0 Å². The minimum Gasteiger partial charge on any atom is -0.468 e. The van der Waals surface area contributed by atoms with Gasteiger partial charge in [-0.2, -0.15) is 0 Å². The van der Waals surface area contributed by atoms with Crippen LogP contribution in [-0.4, -0.2) is 42.0 Å². The molecule has 4 heteroatoms. The zero-order valence-electron chi connectivity index (χ0n) is 10.4. The molecular weight excluding hydrogens is 206 g/mol. The van der Waals surface area contributed by atoms with Crippen LogP contribution >= 0.6 is 0 Å². The quantitative estimate of drug-likeness (QED) is 0.496. The first-order valence-electron chi connectivity index (χ1n) is 5.47. The minimum atomic E-state index is -0.352. The predicted molar refractivity (Wildman–Crippen MR) is 60.7 cm³/mol. The molecular formula is C12H19NO3. The Balaban J connectivity index is 2.93. The van der Waals surface area contributed by atoms with E-state index in [4.69, 9.17) is 4.74 Å². The molecule has 0 amide bonds. The van der Waals surface area contributed by atoms with Gasteiger partial charge in [0.1, 0.15) is 12.0 Å². The fraction of sp³-hybridized carbons (Fsp3) is 0.750. The Morgan fingerprint density at radius 3 is 2.56 bits per heavy atom. The normalized spacial score (nSPS) is 22.8. The molecule has 1 saturated heterocycles. The van der Waals surface area contributed by atoms with Crippen LogP contribution in [0.15, 0.2) is 5.57 Å². The van der Waals surface area contributed by atoms with Crippen molar-refractivity contribution in [3.05, 3.63) is 5.57 Å². The lowest BCUT2D eigenvalue weighted by atomic mass is 9.92. The van der Waals surface area contributed by atoms with E-state index in [0.29, 0.717) is 25.0 Å². The zero-order chi connectivity index (χ0) is 12.3. The van der Waals surface area contributed by atoms with E-state index in [-0.39, 0.29) is 17.6 Å². The highest BCUT2D eigenvalue weighted by Crippen LogP contribution is 2.28. The first-order chi connectivity index (χ1) is 7.40. The lowest BCUT2D eigenvalue weighted by Gasteiger charge is -2.43. The third-order valence-electron chi connectivity index (χ3n) is 2.95. The molecule has 1 heterocycles.